The molecule has 4 heterocycles. The average Bonchev–Trinajstić information content (AvgIpc) is 3.02. The number of rotatable bonds is 5. The second kappa shape index (κ2) is 7.50. The number of hydrogen-bond acceptors (Lipinski definition) is 6. The van der Waals surface area contributed by atoms with E-state index in [4.69, 9.17) is 10.2 Å². The Morgan fingerprint density at radius 3 is 2.73 bits per heavy atom. The number of pyridine rings is 2. The molecule has 0 aromatic carbocycles. The molecule has 0 unspecified atom stereocenters. The Hall–Kier alpha value is -2.98. The summed E-state index contributed by atoms with van der Waals surface area (Å²) in [6.07, 6.45) is 5.60. The summed E-state index contributed by atoms with van der Waals surface area (Å²) in [6.45, 7) is 3.01. The van der Waals surface area contributed by atoms with Gasteiger partial charge in [0.1, 0.15) is 5.52 Å². The van der Waals surface area contributed by atoms with Crippen molar-refractivity contribution in [2.24, 2.45) is 0 Å². The molecular weight excluding hydrogens is 326 g/mol. The van der Waals surface area contributed by atoms with E-state index < -0.39 is 0 Å². The molecule has 3 aromatic rings. The number of imidazole rings is 1. The first-order valence-electron chi connectivity index (χ1n) is 8.90. The SMILES string of the molecule is N#CCN1CCC(Nc2nc3cccnc3n2Cc2ccccn2)CC1. The topological polar surface area (TPSA) is 82.7 Å². The molecule has 0 amide bonds. The molecule has 1 aliphatic heterocycles. The number of piperidine rings is 1. The van der Waals surface area contributed by atoms with Crippen LogP contribution < -0.4 is 5.32 Å². The Bertz CT molecular complexity index is 905. The van der Waals surface area contributed by atoms with Crippen molar-refractivity contribution in [3.8, 4) is 6.07 Å². The Morgan fingerprint density at radius 2 is 1.96 bits per heavy atom. The Labute approximate surface area is 152 Å². The van der Waals surface area contributed by atoms with Crippen LogP contribution in [-0.2, 0) is 6.54 Å². The summed E-state index contributed by atoms with van der Waals surface area (Å²) in [4.78, 5) is 15.9. The second-order valence-corrected chi connectivity index (χ2v) is 6.54. The smallest absolute Gasteiger partial charge is 0.205 e. The first-order valence-corrected chi connectivity index (χ1v) is 8.90. The maximum Gasteiger partial charge on any atom is 0.205 e. The highest BCUT2D eigenvalue weighted by Gasteiger charge is 2.21. The van der Waals surface area contributed by atoms with Crippen LogP contribution in [0.1, 0.15) is 18.5 Å². The quantitative estimate of drug-likeness (QED) is 0.713. The van der Waals surface area contributed by atoms with Crippen LogP contribution >= 0.6 is 0 Å². The van der Waals surface area contributed by atoms with Gasteiger partial charge in [-0.25, -0.2) is 9.97 Å². The molecule has 0 bridgehead atoms. The van der Waals surface area contributed by atoms with Gasteiger partial charge >= 0.3 is 0 Å². The number of fused-ring (bicyclic) bond motifs is 1. The third-order valence-electron chi connectivity index (χ3n) is 4.77. The van der Waals surface area contributed by atoms with Gasteiger partial charge in [-0.3, -0.25) is 14.5 Å². The van der Waals surface area contributed by atoms with E-state index in [9.17, 15) is 0 Å². The minimum absolute atomic E-state index is 0.351. The van der Waals surface area contributed by atoms with Gasteiger partial charge in [0.05, 0.1) is 24.9 Å². The van der Waals surface area contributed by atoms with Crippen LogP contribution in [0.3, 0.4) is 0 Å². The lowest BCUT2D eigenvalue weighted by Gasteiger charge is -2.31. The highest BCUT2D eigenvalue weighted by atomic mass is 15.3. The molecule has 3 aromatic heterocycles. The minimum atomic E-state index is 0.351. The van der Waals surface area contributed by atoms with Crippen LogP contribution in [0.15, 0.2) is 42.7 Å². The molecule has 7 nitrogen and oxygen atoms in total. The van der Waals surface area contributed by atoms with Crippen molar-refractivity contribution in [3.63, 3.8) is 0 Å². The fraction of sp³-hybridized carbons (Fsp3) is 0.368. The molecule has 0 aliphatic carbocycles. The molecule has 7 heteroatoms. The second-order valence-electron chi connectivity index (χ2n) is 6.54. The highest BCUT2D eigenvalue weighted by Crippen LogP contribution is 2.22. The zero-order valence-corrected chi connectivity index (χ0v) is 14.5. The third-order valence-corrected chi connectivity index (χ3v) is 4.77. The molecule has 1 saturated heterocycles. The molecule has 26 heavy (non-hydrogen) atoms. The van der Waals surface area contributed by atoms with Gasteiger partial charge in [0.25, 0.3) is 0 Å². The van der Waals surface area contributed by atoms with Crippen molar-refractivity contribution in [1.82, 2.24) is 24.4 Å². The van der Waals surface area contributed by atoms with Crippen molar-refractivity contribution in [3.05, 3.63) is 48.4 Å². The van der Waals surface area contributed by atoms with Gasteiger partial charge in [-0.05, 0) is 37.1 Å². The van der Waals surface area contributed by atoms with Crippen molar-refractivity contribution >= 4 is 17.1 Å². The standard InChI is InChI=1S/C19H21N7/c20-8-13-25-11-6-15(7-12-25)23-19-24-17-5-3-10-22-18(17)26(19)14-16-4-1-2-9-21-16/h1-5,9-10,15H,6-7,11-14H2,(H,23,24). The molecule has 0 atom stereocenters. The van der Waals surface area contributed by atoms with E-state index >= 15 is 0 Å². The van der Waals surface area contributed by atoms with E-state index in [0.717, 1.165) is 48.7 Å². The summed E-state index contributed by atoms with van der Waals surface area (Å²) in [5.74, 6) is 0.836. The number of nitrogens with zero attached hydrogens (tertiary/aromatic N) is 6. The van der Waals surface area contributed by atoms with Crippen LogP contribution in [0.5, 0.6) is 0 Å². The lowest BCUT2D eigenvalue weighted by molar-refractivity contribution is 0.242. The van der Waals surface area contributed by atoms with Crippen molar-refractivity contribution in [2.75, 3.05) is 25.0 Å². The van der Waals surface area contributed by atoms with Gasteiger partial charge in [0, 0.05) is 31.5 Å². The molecule has 1 aliphatic rings. The van der Waals surface area contributed by atoms with Crippen molar-refractivity contribution in [2.45, 2.75) is 25.4 Å². The molecule has 0 saturated carbocycles. The highest BCUT2D eigenvalue weighted by molar-refractivity contribution is 5.74. The molecule has 132 valence electrons. The van der Waals surface area contributed by atoms with Crippen LogP contribution in [0, 0.1) is 11.3 Å². The van der Waals surface area contributed by atoms with E-state index in [-0.39, 0.29) is 0 Å². The van der Waals surface area contributed by atoms with E-state index in [1.54, 1.807) is 12.4 Å². The molecule has 0 radical (unpaired) electrons. The predicted molar refractivity (Wildman–Crippen MR) is 99.6 cm³/mol. The first-order chi connectivity index (χ1) is 12.8. The Kier molecular flexibility index (Phi) is 4.75. The summed E-state index contributed by atoms with van der Waals surface area (Å²) >= 11 is 0. The third kappa shape index (κ3) is 3.51. The monoisotopic (exact) mass is 347 g/mol. The average molecular weight is 347 g/mol. The van der Waals surface area contributed by atoms with Gasteiger partial charge in [0.15, 0.2) is 5.65 Å². The summed E-state index contributed by atoms with van der Waals surface area (Å²) in [5.41, 5.74) is 2.72. The number of nitriles is 1. The van der Waals surface area contributed by atoms with Crippen LogP contribution in [0.4, 0.5) is 5.95 Å². The largest absolute Gasteiger partial charge is 0.353 e. The molecule has 0 spiro atoms. The molecular formula is C19H21N7. The van der Waals surface area contributed by atoms with Gasteiger partial charge in [-0.1, -0.05) is 6.07 Å². The zero-order chi connectivity index (χ0) is 17.8. The Morgan fingerprint density at radius 1 is 1.12 bits per heavy atom. The normalized spacial score (nSPS) is 15.8. The fourth-order valence-electron chi connectivity index (χ4n) is 3.39. The van der Waals surface area contributed by atoms with E-state index in [0.29, 0.717) is 19.1 Å². The number of anilines is 1. The van der Waals surface area contributed by atoms with Gasteiger partial charge in [-0.15, -0.1) is 0 Å². The lowest BCUT2D eigenvalue weighted by Crippen LogP contribution is -2.39. The van der Waals surface area contributed by atoms with Crippen LogP contribution in [0.25, 0.3) is 11.2 Å². The van der Waals surface area contributed by atoms with Gasteiger partial charge < -0.3 is 5.32 Å². The van der Waals surface area contributed by atoms with E-state index in [1.165, 1.54) is 0 Å². The molecule has 1 fully saturated rings. The summed E-state index contributed by atoms with van der Waals surface area (Å²) in [6, 6.07) is 12.4. The van der Waals surface area contributed by atoms with Crippen molar-refractivity contribution < 1.29 is 0 Å². The minimum Gasteiger partial charge on any atom is -0.353 e. The Balaban J connectivity index is 1.57. The first kappa shape index (κ1) is 16.5. The van der Waals surface area contributed by atoms with Gasteiger partial charge in [-0.2, -0.15) is 5.26 Å². The van der Waals surface area contributed by atoms with E-state index in [1.807, 2.05) is 30.3 Å². The van der Waals surface area contributed by atoms with E-state index in [2.05, 4.69) is 30.8 Å². The molecule has 1 N–H and O–H groups in total. The number of aromatic nitrogens is 4. The predicted octanol–water partition coefficient (Wildman–Crippen LogP) is 2.27. The van der Waals surface area contributed by atoms with Crippen LogP contribution in [-0.4, -0.2) is 50.1 Å². The lowest BCUT2D eigenvalue weighted by atomic mass is 10.1. The number of nitrogens with one attached hydrogen (secondary N) is 1. The maximum absolute atomic E-state index is 8.84. The molecule has 4 rings (SSSR count). The fourth-order valence-corrected chi connectivity index (χ4v) is 3.39. The van der Waals surface area contributed by atoms with Crippen LogP contribution in [0.2, 0.25) is 0 Å². The number of likely N-dealkylation sites (tertiary alicyclic amines) is 1. The number of hydrogen-bond donors (Lipinski definition) is 1. The van der Waals surface area contributed by atoms with Gasteiger partial charge in [0.2, 0.25) is 5.95 Å². The zero-order valence-electron chi connectivity index (χ0n) is 14.5. The summed E-state index contributed by atoms with van der Waals surface area (Å²) in [5, 5.41) is 12.4. The maximum atomic E-state index is 8.84. The van der Waals surface area contributed by atoms with Crippen molar-refractivity contribution in [1.29, 1.82) is 5.26 Å². The summed E-state index contributed by atoms with van der Waals surface area (Å²) < 4.78 is 2.10. The summed E-state index contributed by atoms with van der Waals surface area (Å²) in [7, 11) is 0.